The Kier molecular flexibility index (Phi) is 3.76. The van der Waals surface area contributed by atoms with E-state index in [1.165, 1.54) is 5.56 Å². The van der Waals surface area contributed by atoms with Gasteiger partial charge in [-0.25, -0.2) is 0 Å². The molecule has 0 spiro atoms. The molecule has 0 aliphatic carbocycles. The van der Waals surface area contributed by atoms with Crippen LogP contribution in [0.15, 0.2) is 24.3 Å². The highest BCUT2D eigenvalue weighted by molar-refractivity contribution is 5.37. The number of hydrogen-bond acceptors (Lipinski definition) is 3. The monoisotopic (exact) mass is 261 g/mol. The van der Waals surface area contributed by atoms with Crippen molar-refractivity contribution in [3.8, 4) is 5.75 Å². The predicted octanol–water partition coefficient (Wildman–Crippen LogP) is 2.26. The van der Waals surface area contributed by atoms with E-state index in [1.807, 2.05) is 6.07 Å². The van der Waals surface area contributed by atoms with E-state index in [9.17, 15) is 5.11 Å². The fourth-order valence-corrected chi connectivity index (χ4v) is 3.30. The molecule has 104 valence electrons. The van der Waals surface area contributed by atoms with Crippen LogP contribution in [0, 0.1) is 5.92 Å². The van der Waals surface area contributed by atoms with Gasteiger partial charge in [0.1, 0.15) is 5.75 Å². The maximum Gasteiger partial charge on any atom is 0.122 e. The Balaban J connectivity index is 1.68. The van der Waals surface area contributed by atoms with Gasteiger partial charge in [-0.15, -0.1) is 0 Å². The smallest absolute Gasteiger partial charge is 0.122 e. The fourth-order valence-electron chi connectivity index (χ4n) is 3.30. The Morgan fingerprint density at radius 1 is 1.32 bits per heavy atom. The van der Waals surface area contributed by atoms with Gasteiger partial charge in [0.15, 0.2) is 0 Å². The summed E-state index contributed by atoms with van der Waals surface area (Å²) in [6.45, 7) is 6.10. The SMILES string of the molecule is CC1CN(CC2CCOc3ccccc32)CCC1O. The van der Waals surface area contributed by atoms with Crippen LogP contribution in [0.1, 0.15) is 31.2 Å². The number of likely N-dealkylation sites (tertiary alicyclic amines) is 1. The van der Waals surface area contributed by atoms with Crippen LogP contribution in [0.3, 0.4) is 0 Å². The molecule has 1 N–H and O–H groups in total. The van der Waals surface area contributed by atoms with Crippen LogP contribution in [0.5, 0.6) is 5.75 Å². The van der Waals surface area contributed by atoms with Crippen LogP contribution in [0.2, 0.25) is 0 Å². The van der Waals surface area contributed by atoms with E-state index in [1.54, 1.807) is 0 Å². The van der Waals surface area contributed by atoms with Crippen LogP contribution in [0.25, 0.3) is 0 Å². The first-order chi connectivity index (χ1) is 9.24. The molecule has 1 aromatic rings. The van der Waals surface area contributed by atoms with E-state index in [0.29, 0.717) is 11.8 Å². The maximum absolute atomic E-state index is 9.81. The molecule has 1 saturated heterocycles. The lowest BCUT2D eigenvalue weighted by atomic mass is 9.90. The van der Waals surface area contributed by atoms with Crippen LogP contribution in [0.4, 0.5) is 0 Å². The van der Waals surface area contributed by atoms with Crippen molar-refractivity contribution >= 4 is 0 Å². The van der Waals surface area contributed by atoms with Gasteiger partial charge in [0.2, 0.25) is 0 Å². The Labute approximate surface area is 115 Å². The Hall–Kier alpha value is -1.06. The minimum atomic E-state index is -0.113. The van der Waals surface area contributed by atoms with Crippen molar-refractivity contribution in [2.24, 2.45) is 5.92 Å². The molecule has 1 fully saturated rings. The minimum Gasteiger partial charge on any atom is -0.493 e. The number of nitrogens with zero attached hydrogens (tertiary/aromatic N) is 1. The van der Waals surface area contributed by atoms with Gasteiger partial charge in [-0.05, 0) is 30.4 Å². The number of fused-ring (bicyclic) bond motifs is 1. The molecule has 3 rings (SSSR count). The molecule has 2 aliphatic heterocycles. The number of hydrogen-bond donors (Lipinski definition) is 1. The molecule has 2 heterocycles. The van der Waals surface area contributed by atoms with Crippen molar-refractivity contribution in [1.82, 2.24) is 4.90 Å². The molecule has 0 amide bonds. The first-order valence-electron chi connectivity index (χ1n) is 7.36. The summed E-state index contributed by atoms with van der Waals surface area (Å²) in [5.41, 5.74) is 1.35. The van der Waals surface area contributed by atoms with Gasteiger partial charge in [-0.2, -0.15) is 0 Å². The van der Waals surface area contributed by atoms with Crippen LogP contribution in [-0.4, -0.2) is 42.4 Å². The van der Waals surface area contributed by atoms with E-state index in [4.69, 9.17) is 4.74 Å². The normalized spacial score (nSPS) is 31.6. The standard InChI is InChI=1S/C16H23NO2/c1-12-10-17(8-6-15(12)18)11-13-7-9-19-16-5-3-2-4-14(13)16/h2-5,12-13,15,18H,6-11H2,1H3. The Morgan fingerprint density at radius 3 is 3.00 bits per heavy atom. The van der Waals surface area contributed by atoms with E-state index < -0.39 is 0 Å². The quantitative estimate of drug-likeness (QED) is 0.886. The van der Waals surface area contributed by atoms with Crippen molar-refractivity contribution in [1.29, 1.82) is 0 Å². The highest BCUT2D eigenvalue weighted by atomic mass is 16.5. The number of ether oxygens (including phenoxy) is 1. The van der Waals surface area contributed by atoms with Gasteiger partial charge in [-0.1, -0.05) is 25.1 Å². The third kappa shape index (κ3) is 2.77. The number of para-hydroxylation sites is 1. The molecule has 2 aliphatic rings. The molecular weight excluding hydrogens is 238 g/mol. The molecule has 1 aromatic carbocycles. The van der Waals surface area contributed by atoms with Gasteiger partial charge < -0.3 is 14.7 Å². The molecule has 0 saturated carbocycles. The second-order valence-electron chi connectivity index (χ2n) is 5.96. The largest absolute Gasteiger partial charge is 0.493 e. The maximum atomic E-state index is 9.81. The third-order valence-corrected chi connectivity index (χ3v) is 4.51. The first kappa shape index (κ1) is 12.9. The average molecular weight is 261 g/mol. The summed E-state index contributed by atoms with van der Waals surface area (Å²) in [4.78, 5) is 2.50. The van der Waals surface area contributed by atoms with E-state index in [0.717, 1.165) is 44.8 Å². The molecule has 0 aromatic heterocycles. The highest BCUT2D eigenvalue weighted by Crippen LogP contribution is 2.34. The molecule has 3 unspecified atom stereocenters. The lowest BCUT2D eigenvalue weighted by molar-refractivity contribution is 0.0311. The molecule has 3 heteroatoms. The van der Waals surface area contributed by atoms with Crippen molar-refractivity contribution < 1.29 is 9.84 Å². The van der Waals surface area contributed by atoms with Crippen molar-refractivity contribution in [2.75, 3.05) is 26.2 Å². The lowest BCUT2D eigenvalue weighted by Gasteiger charge is -2.37. The number of aliphatic hydroxyl groups excluding tert-OH is 1. The van der Waals surface area contributed by atoms with Gasteiger partial charge in [0.25, 0.3) is 0 Å². The zero-order chi connectivity index (χ0) is 13.2. The molecule has 0 radical (unpaired) electrons. The molecular formula is C16H23NO2. The average Bonchev–Trinajstić information content (AvgIpc) is 2.43. The lowest BCUT2D eigenvalue weighted by Crippen LogP contribution is -2.43. The number of aliphatic hydroxyl groups is 1. The zero-order valence-corrected chi connectivity index (χ0v) is 11.6. The van der Waals surface area contributed by atoms with Crippen molar-refractivity contribution in [2.45, 2.75) is 31.8 Å². The summed E-state index contributed by atoms with van der Waals surface area (Å²) in [5, 5.41) is 9.81. The third-order valence-electron chi connectivity index (χ3n) is 4.51. The molecule has 3 atom stereocenters. The molecule has 19 heavy (non-hydrogen) atoms. The summed E-state index contributed by atoms with van der Waals surface area (Å²) in [6, 6.07) is 8.41. The van der Waals surface area contributed by atoms with Crippen molar-refractivity contribution in [3.63, 3.8) is 0 Å². The first-order valence-corrected chi connectivity index (χ1v) is 7.36. The number of rotatable bonds is 2. The summed E-state index contributed by atoms with van der Waals surface area (Å²) in [6.07, 6.45) is 1.90. The van der Waals surface area contributed by atoms with E-state index in [2.05, 4.69) is 30.0 Å². The van der Waals surface area contributed by atoms with Gasteiger partial charge in [0, 0.05) is 25.6 Å². The molecule has 3 nitrogen and oxygen atoms in total. The van der Waals surface area contributed by atoms with Gasteiger partial charge in [-0.3, -0.25) is 0 Å². The molecule has 0 bridgehead atoms. The minimum absolute atomic E-state index is 0.113. The summed E-state index contributed by atoms with van der Waals surface area (Å²) in [7, 11) is 0. The topological polar surface area (TPSA) is 32.7 Å². The predicted molar refractivity (Wildman–Crippen MR) is 75.5 cm³/mol. The van der Waals surface area contributed by atoms with Gasteiger partial charge in [0.05, 0.1) is 12.7 Å². The highest BCUT2D eigenvalue weighted by Gasteiger charge is 2.28. The zero-order valence-electron chi connectivity index (χ0n) is 11.6. The van der Waals surface area contributed by atoms with E-state index in [-0.39, 0.29) is 6.10 Å². The Morgan fingerprint density at radius 2 is 2.16 bits per heavy atom. The van der Waals surface area contributed by atoms with Gasteiger partial charge >= 0.3 is 0 Å². The van der Waals surface area contributed by atoms with Crippen LogP contribution < -0.4 is 4.74 Å². The number of benzene rings is 1. The van der Waals surface area contributed by atoms with Crippen LogP contribution >= 0.6 is 0 Å². The second kappa shape index (κ2) is 5.51. The summed E-state index contributed by atoms with van der Waals surface area (Å²) in [5.74, 6) is 2.03. The fraction of sp³-hybridized carbons (Fsp3) is 0.625. The van der Waals surface area contributed by atoms with Crippen molar-refractivity contribution in [3.05, 3.63) is 29.8 Å². The Bertz CT molecular complexity index is 435. The van der Waals surface area contributed by atoms with Crippen LogP contribution in [-0.2, 0) is 0 Å². The number of piperidine rings is 1. The summed E-state index contributed by atoms with van der Waals surface area (Å²) < 4.78 is 5.72. The second-order valence-corrected chi connectivity index (χ2v) is 5.96. The van der Waals surface area contributed by atoms with E-state index >= 15 is 0 Å². The summed E-state index contributed by atoms with van der Waals surface area (Å²) >= 11 is 0.